The first-order chi connectivity index (χ1) is 30.5. The van der Waals surface area contributed by atoms with Gasteiger partial charge in [0.15, 0.2) is 0 Å². The molecule has 1 unspecified atom stereocenters. The lowest BCUT2D eigenvalue weighted by Crippen LogP contribution is -2.52. The van der Waals surface area contributed by atoms with E-state index in [-0.39, 0.29) is 46.9 Å². The number of amides is 4. The zero-order valence-corrected chi connectivity index (χ0v) is 36.7. The monoisotopic (exact) mass is 875 g/mol. The van der Waals surface area contributed by atoms with Crippen LogP contribution in [0.4, 0.5) is 18.4 Å². The molecule has 334 valence electrons. The molecular formula is C47H51F2N9O6. The molecule has 1 saturated carbocycles. The van der Waals surface area contributed by atoms with E-state index in [4.69, 9.17) is 14.5 Å². The van der Waals surface area contributed by atoms with Crippen molar-refractivity contribution >= 4 is 35.0 Å². The molecule has 3 aromatic carbocycles. The Labute approximate surface area is 368 Å². The quantitative estimate of drug-likeness (QED) is 0.0898. The Hall–Kier alpha value is -6.83. The molecule has 1 aliphatic heterocycles. The van der Waals surface area contributed by atoms with Crippen LogP contribution in [-0.4, -0.2) is 93.1 Å². The fourth-order valence-corrected chi connectivity index (χ4v) is 9.09. The van der Waals surface area contributed by atoms with Crippen LogP contribution in [-0.2, 0) is 25.0 Å². The Bertz CT molecular complexity index is 2700. The van der Waals surface area contributed by atoms with Crippen LogP contribution in [0.25, 0.3) is 44.5 Å². The lowest BCUT2D eigenvalue weighted by atomic mass is 9.98. The number of aromatic amines is 2. The fourth-order valence-electron chi connectivity index (χ4n) is 9.09. The third-order valence-electron chi connectivity index (χ3n) is 13.0. The second kappa shape index (κ2) is 16.7. The van der Waals surface area contributed by atoms with Gasteiger partial charge in [0.05, 0.1) is 55.3 Å². The highest BCUT2D eigenvalue weighted by Gasteiger charge is 2.55. The number of methoxy groups -OCH3 is 2. The van der Waals surface area contributed by atoms with Crippen molar-refractivity contribution in [2.24, 2.45) is 17.3 Å². The van der Waals surface area contributed by atoms with E-state index in [0.717, 1.165) is 19.3 Å². The molecule has 2 fully saturated rings. The smallest absolute Gasteiger partial charge is 0.407 e. The van der Waals surface area contributed by atoms with E-state index in [1.54, 1.807) is 39.0 Å². The van der Waals surface area contributed by atoms with Crippen LogP contribution >= 0.6 is 0 Å². The predicted molar refractivity (Wildman–Crippen MR) is 232 cm³/mol. The van der Waals surface area contributed by atoms with E-state index in [2.05, 4.69) is 25.6 Å². The maximum atomic E-state index is 16.6. The normalized spacial score (nSPS) is 18.0. The number of carbonyl (C=O) groups excluding carboxylic acids is 4. The van der Waals surface area contributed by atoms with Gasteiger partial charge in [0.2, 0.25) is 11.8 Å². The van der Waals surface area contributed by atoms with Crippen molar-refractivity contribution in [3.8, 4) is 39.6 Å². The summed E-state index contributed by atoms with van der Waals surface area (Å²) in [6.07, 6.45) is 2.82. The molecule has 3 heterocycles. The van der Waals surface area contributed by atoms with Crippen molar-refractivity contribution in [1.29, 1.82) is 5.26 Å². The number of aromatic nitrogens is 4. The molecule has 0 radical (unpaired) electrons. The van der Waals surface area contributed by atoms with E-state index < -0.39 is 42.1 Å². The molecule has 4 N–H and O–H groups in total. The molecule has 1 saturated heterocycles. The highest BCUT2D eigenvalue weighted by Crippen LogP contribution is 2.58. The molecule has 1 spiro atoms. The average Bonchev–Trinajstić information content (AvgIpc) is 3.61. The van der Waals surface area contributed by atoms with Crippen molar-refractivity contribution in [2.45, 2.75) is 84.0 Å². The number of rotatable bonds is 12. The van der Waals surface area contributed by atoms with Gasteiger partial charge in [-0.25, -0.2) is 19.6 Å². The van der Waals surface area contributed by atoms with Gasteiger partial charge in [0.1, 0.15) is 30.3 Å². The van der Waals surface area contributed by atoms with Crippen LogP contribution < -0.4 is 10.6 Å². The Morgan fingerprint density at radius 1 is 0.875 bits per heavy atom. The van der Waals surface area contributed by atoms with Crippen LogP contribution in [0.1, 0.15) is 88.7 Å². The Balaban J connectivity index is 1.03. The third kappa shape index (κ3) is 7.90. The summed E-state index contributed by atoms with van der Waals surface area (Å²) in [7, 11) is 2.46. The number of nitriles is 1. The van der Waals surface area contributed by atoms with Gasteiger partial charge < -0.3 is 39.9 Å². The first-order valence-electron chi connectivity index (χ1n) is 21.4. The Kier molecular flexibility index (Phi) is 11.4. The van der Waals surface area contributed by atoms with Gasteiger partial charge in [-0.15, -0.1) is 0 Å². The molecular weight excluding hydrogens is 825 g/mol. The van der Waals surface area contributed by atoms with Crippen molar-refractivity contribution in [3.05, 3.63) is 83.6 Å². The van der Waals surface area contributed by atoms with Crippen molar-refractivity contribution < 1.29 is 37.4 Å². The molecule has 0 bridgehead atoms. The highest BCUT2D eigenvalue weighted by molar-refractivity contribution is 5.89. The number of carbonyl (C=O) groups is 4. The number of fused-ring (bicyclic) bond motifs is 4. The number of imidazole rings is 2. The number of H-pyrrole nitrogens is 2. The molecule has 2 aromatic heterocycles. The largest absolute Gasteiger partial charge is 0.453 e. The topological polar surface area (TPSA) is 198 Å². The maximum Gasteiger partial charge on any atom is 0.407 e. The fraction of sp³-hybridized carbons (Fsp3) is 0.426. The summed E-state index contributed by atoms with van der Waals surface area (Å²) in [5.41, 5.74) is 4.16. The van der Waals surface area contributed by atoms with Crippen LogP contribution in [0, 0.1) is 28.6 Å². The van der Waals surface area contributed by atoms with Gasteiger partial charge in [-0.05, 0) is 90.0 Å². The standard InChI is InChI=1S/C47H51F2N9O6/c1-24(2)38(55-44(61)63-6)42(59)57(17-16-50)26(5)40-51-22-36(54-40)29-9-12-31-30-11-8-27(18-32(30)47(48,49)33(31)19-29)28-10-13-34-35(20-28)53-41(52-34)37-21-46(14-15-46)23-58(37)43(60)39(25(3)4)56-45(62)64-7/h8-13,18-20,22,24-26,37-39H,14-15,17,21,23H2,1-7H3,(H,51,54)(H,52,53)(H,55,61)(H,56,62)/t26-,37-,38?,39-/m0/s1. The van der Waals surface area contributed by atoms with E-state index in [0.29, 0.717) is 62.7 Å². The first-order valence-corrected chi connectivity index (χ1v) is 21.4. The van der Waals surface area contributed by atoms with Gasteiger partial charge in [-0.1, -0.05) is 58.0 Å². The average molecular weight is 876 g/mol. The summed E-state index contributed by atoms with van der Waals surface area (Å²) in [4.78, 5) is 70.9. The number of benzene rings is 3. The lowest BCUT2D eigenvalue weighted by Gasteiger charge is -2.31. The van der Waals surface area contributed by atoms with Crippen molar-refractivity contribution in [2.75, 3.05) is 27.3 Å². The lowest BCUT2D eigenvalue weighted by molar-refractivity contribution is -0.136. The predicted octanol–water partition coefficient (Wildman–Crippen LogP) is 7.97. The molecule has 17 heteroatoms. The first kappa shape index (κ1) is 43.8. The van der Waals surface area contributed by atoms with E-state index in [1.165, 1.54) is 37.4 Å². The zero-order valence-electron chi connectivity index (χ0n) is 36.7. The van der Waals surface area contributed by atoms with Gasteiger partial charge in [-0.2, -0.15) is 14.0 Å². The van der Waals surface area contributed by atoms with Crippen molar-refractivity contribution in [3.63, 3.8) is 0 Å². The summed E-state index contributed by atoms with van der Waals surface area (Å²) in [6, 6.07) is 14.7. The van der Waals surface area contributed by atoms with Gasteiger partial charge in [-0.3, -0.25) is 9.59 Å². The molecule has 2 aliphatic carbocycles. The maximum absolute atomic E-state index is 16.6. The third-order valence-corrected chi connectivity index (χ3v) is 13.0. The molecule has 4 atom stereocenters. The van der Waals surface area contributed by atoms with Crippen LogP contribution in [0.3, 0.4) is 0 Å². The highest BCUT2D eigenvalue weighted by atomic mass is 19.3. The number of hydrogen-bond acceptors (Lipinski definition) is 9. The molecule has 64 heavy (non-hydrogen) atoms. The van der Waals surface area contributed by atoms with Crippen LogP contribution in [0.2, 0.25) is 0 Å². The minimum atomic E-state index is -3.33. The van der Waals surface area contributed by atoms with Crippen LogP contribution in [0.15, 0.2) is 60.8 Å². The number of ether oxygens (including phenoxy) is 2. The second-order valence-electron chi connectivity index (χ2n) is 17.8. The number of alkyl carbamates (subject to hydrolysis) is 2. The molecule has 8 rings (SSSR count). The summed E-state index contributed by atoms with van der Waals surface area (Å²) in [6.45, 7) is 9.24. The second-order valence-corrected chi connectivity index (χ2v) is 17.8. The van der Waals surface area contributed by atoms with E-state index in [9.17, 15) is 24.4 Å². The zero-order chi connectivity index (χ0) is 45.8. The summed E-state index contributed by atoms with van der Waals surface area (Å²) in [5, 5.41) is 14.8. The molecule has 15 nitrogen and oxygen atoms in total. The van der Waals surface area contributed by atoms with Crippen LogP contribution in [0.5, 0.6) is 0 Å². The molecule has 5 aromatic rings. The summed E-state index contributed by atoms with van der Waals surface area (Å²) < 4.78 is 42.6. The van der Waals surface area contributed by atoms with Gasteiger partial charge in [0.25, 0.3) is 5.92 Å². The van der Waals surface area contributed by atoms with E-state index >= 15 is 8.78 Å². The number of nitrogens with zero attached hydrogens (tertiary/aromatic N) is 5. The minimum Gasteiger partial charge on any atom is -0.453 e. The number of halogens is 2. The van der Waals surface area contributed by atoms with E-state index in [1.807, 2.05) is 49.1 Å². The number of likely N-dealkylation sites (tertiary alicyclic amines) is 1. The minimum absolute atomic E-state index is 0.0252. The summed E-state index contributed by atoms with van der Waals surface area (Å²) >= 11 is 0. The summed E-state index contributed by atoms with van der Waals surface area (Å²) in [5.74, 6) is -3.55. The molecule has 4 amide bonds. The van der Waals surface area contributed by atoms with Crippen molar-refractivity contribution in [1.82, 2.24) is 40.4 Å². The van der Waals surface area contributed by atoms with Gasteiger partial charge >= 0.3 is 12.2 Å². The SMILES string of the molecule is COC(=O)NC(C(=O)N(CC#N)[C@@H](C)c1ncc(-c2ccc3c(c2)C(F)(F)c2cc(-c4ccc5nc([C@@H]6CC7(CC7)CN6C(=O)[C@@H](NC(=O)OC)C(C)C)[nH]c5c4)ccc2-3)[nH]1)C(C)C. The number of nitrogens with one attached hydrogen (secondary N) is 4. The Morgan fingerprint density at radius 3 is 2.08 bits per heavy atom. The number of hydrogen-bond donors (Lipinski definition) is 4. The number of alkyl halides is 2. The Morgan fingerprint density at radius 2 is 1.47 bits per heavy atom. The van der Waals surface area contributed by atoms with Gasteiger partial charge in [0, 0.05) is 23.2 Å². The molecule has 3 aliphatic rings.